The lowest BCUT2D eigenvalue weighted by Crippen LogP contribution is -2.06. The predicted octanol–water partition coefficient (Wildman–Crippen LogP) is 3.14. The summed E-state index contributed by atoms with van der Waals surface area (Å²) in [5, 5.41) is 0.975. The highest BCUT2D eigenvalue weighted by Gasteiger charge is 2.06. The van der Waals surface area contributed by atoms with Crippen molar-refractivity contribution in [1.82, 2.24) is 0 Å². The fourth-order valence-corrected chi connectivity index (χ4v) is 1.85. The van der Waals surface area contributed by atoms with Gasteiger partial charge in [0.1, 0.15) is 11.3 Å². The molecular weight excluding hydrogens is 216 g/mol. The number of aryl methyl sites for hydroxylation is 1. The zero-order valence-electron chi connectivity index (χ0n) is 10.3. The van der Waals surface area contributed by atoms with Crippen molar-refractivity contribution < 1.29 is 9.15 Å². The fraction of sp³-hybridized carbons (Fsp3) is 0.357. The summed E-state index contributed by atoms with van der Waals surface area (Å²) in [5.41, 5.74) is 1.29. The third-order valence-electron chi connectivity index (χ3n) is 2.55. The molecule has 0 atom stereocenters. The van der Waals surface area contributed by atoms with Crippen molar-refractivity contribution in [2.75, 3.05) is 0 Å². The molecule has 0 aliphatic carbocycles. The summed E-state index contributed by atoms with van der Waals surface area (Å²) >= 11 is 0. The Morgan fingerprint density at radius 2 is 2.06 bits per heavy atom. The van der Waals surface area contributed by atoms with Gasteiger partial charge in [-0.25, -0.2) is 4.79 Å². The minimum atomic E-state index is -0.309. The van der Waals surface area contributed by atoms with Crippen LogP contribution in [0.2, 0.25) is 0 Å². The molecule has 0 amide bonds. The van der Waals surface area contributed by atoms with Crippen LogP contribution in [0.25, 0.3) is 11.0 Å². The minimum absolute atomic E-state index is 0.105. The van der Waals surface area contributed by atoms with E-state index in [1.807, 2.05) is 32.9 Å². The first-order chi connectivity index (χ1) is 8.10. The Kier molecular flexibility index (Phi) is 3.18. The molecule has 17 heavy (non-hydrogen) atoms. The molecule has 0 saturated carbocycles. The molecule has 0 aliphatic heterocycles. The highest BCUT2D eigenvalue weighted by Crippen LogP contribution is 2.23. The van der Waals surface area contributed by atoms with Gasteiger partial charge in [0.15, 0.2) is 0 Å². The molecule has 1 heterocycles. The quantitative estimate of drug-likeness (QED) is 0.763. The van der Waals surface area contributed by atoms with E-state index in [1.165, 1.54) is 0 Å². The molecule has 0 radical (unpaired) electrons. The molecule has 0 unspecified atom stereocenters. The lowest BCUT2D eigenvalue weighted by atomic mass is 10.1. The number of benzene rings is 1. The van der Waals surface area contributed by atoms with Gasteiger partial charge >= 0.3 is 5.63 Å². The molecule has 0 bridgehead atoms. The van der Waals surface area contributed by atoms with Crippen molar-refractivity contribution in [2.45, 2.75) is 33.3 Å². The topological polar surface area (TPSA) is 39.4 Å². The summed E-state index contributed by atoms with van der Waals surface area (Å²) < 4.78 is 10.8. The Balaban J connectivity index is 2.57. The van der Waals surface area contributed by atoms with Crippen LogP contribution in [0, 0.1) is 0 Å². The summed E-state index contributed by atoms with van der Waals surface area (Å²) in [6.07, 6.45) is 0.917. The molecule has 1 aromatic heterocycles. The lowest BCUT2D eigenvalue weighted by Gasteiger charge is -2.10. The average Bonchev–Trinajstić information content (AvgIpc) is 2.26. The monoisotopic (exact) mass is 232 g/mol. The Labute approximate surface area is 100 Å². The number of rotatable bonds is 3. The Hall–Kier alpha value is -1.77. The maximum atomic E-state index is 11.4. The molecule has 2 rings (SSSR count). The Morgan fingerprint density at radius 1 is 1.29 bits per heavy atom. The highest BCUT2D eigenvalue weighted by atomic mass is 16.5. The third-order valence-corrected chi connectivity index (χ3v) is 2.55. The van der Waals surface area contributed by atoms with Crippen molar-refractivity contribution >= 4 is 11.0 Å². The summed E-state index contributed by atoms with van der Waals surface area (Å²) in [6, 6.07) is 7.16. The summed E-state index contributed by atoms with van der Waals surface area (Å²) in [7, 11) is 0. The van der Waals surface area contributed by atoms with Gasteiger partial charge in [-0.15, -0.1) is 0 Å². The lowest BCUT2D eigenvalue weighted by molar-refractivity contribution is 0.242. The van der Waals surface area contributed by atoms with Crippen LogP contribution in [0.3, 0.4) is 0 Å². The molecular formula is C14H16O3. The molecule has 0 aliphatic rings. The summed E-state index contributed by atoms with van der Waals surface area (Å²) in [4.78, 5) is 11.4. The maximum Gasteiger partial charge on any atom is 0.336 e. The van der Waals surface area contributed by atoms with Crippen molar-refractivity contribution in [3.63, 3.8) is 0 Å². The van der Waals surface area contributed by atoms with Gasteiger partial charge in [0.2, 0.25) is 0 Å². The van der Waals surface area contributed by atoms with Gasteiger partial charge < -0.3 is 9.15 Å². The predicted molar refractivity (Wildman–Crippen MR) is 67.6 cm³/mol. The number of fused-ring (bicyclic) bond motifs is 1. The van der Waals surface area contributed by atoms with Crippen molar-refractivity contribution in [3.05, 3.63) is 40.2 Å². The van der Waals surface area contributed by atoms with E-state index in [9.17, 15) is 4.79 Å². The fourth-order valence-electron chi connectivity index (χ4n) is 1.85. The number of hydrogen-bond acceptors (Lipinski definition) is 3. The van der Waals surface area contributed by atoms with E-state index in [2.05, 4.69) is 0 Å². The summed E-state index contributed by atoms with van der Waals surface area (Å²) in [6.45, 7) is 5.94. The van der Waals surface area contributed by atoms with Gasteiger partial charge in [-0.2, -0.15) is 0 Å². The molecule has 2 aromatic rings. The second-order valence-corrected chi connectivity index (χ2v) is 4.27. The van der Waals surface area contributed by atoms with E-state index in [1.54, 1.807) is 12.1 Å². The van der Waals surface area contributed by atoms with Crippen LogP contribution in [0.15, 0.2) is 33.5 Å². The zero-order valence-corrected chi connectivity index (χ0v) is 10.3. The first-order valence-electron chi connectivity index (χ1n) is 5.83. The van der Waals surface area contributed by atoms with Crippen LogP contribution in [0.5, 0.6) is 5.75 Å². The van der Waals surface area contributed by atoms with E-state index >= 15 is 0 Å². The SMILES string of the molecule is CCc1cc(=O)oc2cc(OC(C)C)ccc12. The standard InChI is InChI=1S/C14H16O3/c1-4-10-7-14(15)17-13-8-11(16-9(2)3)5-6-12(10)13/h5-9H,4H2,1-3H3. The molecule has 0 spiro atoms. The van der Waals surface area contributed by atoms with E-state index < -0.39 is 0 Å². The first-order valence-corrected chi connectivity index (χ1v) is 5.83. The van der Waals surface area contributed by atoms with E-state index in [4.69, 9.17) is 9.15 Å². The third kappa shape index (κ3) is 2.49. The molecule has 3 heteroatoms. The molecule has 0 N–H and O–H groups in total. The first kappa shape index (κ1) is 11.7. The molecule has 1 aromatic carbocycles. The molecule has 0 saturated heterocycles. The number of ether oxygens (including phenoxy) is 1. The van der Waals surface area contributed by atoms with Gasteiger partial charge in [0.25, 0.3) is 0 Å². The van der Waals surface area contributed by atoms with Crippen molar-refractivity contribution in [3.8, 4) is 5.75 Å². The number of hydrogen-bond donors (Lipinski definition) is 0. The average molecular weight is 232 g/mol. The zero-order chi connectivity index (χ0) is 12.4. The second-order valence-electron chi connectivity index (χ2n) is 4.27. The van der Waals surface area contributed by atoms with E-state index in [0.717, 1.165) is 23.1 Å². The highest BCUT2D eigenvalue weighted by molar-refractivity contribution is 5.81. The smallest absolute Gasteiger partial charge is 0.336 e. The molecule has 3 nitrogen and oxygen atoms in total. The molecule has 90 valence electrons. The van der Waals surface area contributed by atoms with Crippen LogP contribution in [0.1, 0.15) is 26.3 Å². The molecule has 0 fully saturated rings. The largest absolute Gasteiger partial charge is 0.491 e. The van der Waals surface area contributed by atoms with E-state index in [0.29, 0.717) is 5.58 Å². The Morgan fingerprint density at radius 3 is 2.71 bits per heavy atom. The van der Waals surface area contributed by atoms with Gasteiger partial charge in [-0.3, -0.25) is 0 Å². The van der Waals surface area contributed by atoms with Crippen LogP contribution in [-0.2, 0) is 6.42 Å². The Bertz CT molecular complexity index is 582. The van der Waals surface area contributed by atoms with Crippen LogP contribution in [-0.4, -0.2) is 6.10 Å². The van der Waals surface area contributed by atoms with Crippen LogP contribution >= 0.6 is 0 Å². The van der Waals surface area contributed by atoms with Crippen molar-refractivity contribution in [2.24, 2.45) is 0 Å². The van der Waals surface area contributed by atoms with Crippen molar-refractivity contribution in [1.29, 1.82) is 0 Å². The van der Waals surface area contributed by atoms with Gasteiger partial charge in [0.05, 0.1) is 6.10 Å². The second kappa shape index (κ2) is 4.62. The van der Waals surface area contributed by atoms with Crippen LogP contribution in [0.4, 0.5) is 0 Å². The van der Waals surface area contributed by atoms with Gasteiger partial charge in [-0.05, 0) is 38.0 Å². The minimum Gasteiger partial charge on any atom is -0.491 e. The summed E-state index contributed by atoms with van der Waals surface area (Å²) in [5.74, 6) is 0.726. The normalized spacial score (nSPS) is 11.1. The van der Waals surface area contributed by atoms with Gasteiger partial charge in [0, 0.05) is 17.5 Å². The maximum absolute atomic E-state index is 11.4. The van der Waals surface area contributed by atoms with Crippen LogP contribution < -0.4 is 10.4 Å². The van der Waals surface area contributed by atoms with E-state index in [-0.39, 0.29) is 11.7 Å². The van der Waals surface area contributed by atoms with Gasteiger partial charge in [-0.1, -0.05) is 6.92 Å².